The van der Waals surface area contributed by atoms with E-state index in [2.05, 4.69) is 26.1 Å². The monoisotopic (exact) mass is 842 g/mol. The molecule has 2 aromatic heterocycles. The van der Waals surface area contributed by atoms with Crippen LogP contribution in [0.3, 0.4) is 0 Å². The van der Waals surface area contributed by atoms with Gasteiger partial charge in [0.1, 0.15) is 11.6 Å². The lowest BCUT2D eigenvalue weighted by molar-refractivity contribution is 0.0696. The van der Waals surface area contributed by atoms with Gasteiger partial charge in [-0.2, -0.15) is 10.2 Å². The van der Waals surface area contributed by atoms with E-state index in [4.69, 9.17) is 6.48 Å². The standard InChI is InChI=1S/C23H19FN4O2.C22H16FN3O3.CH3F.CH4/c1-25-22(29)16-5-2-4-15(12-16)13-26-23(30)19-6-3-7-21-20(19)14-27-28(21)18-10-8-17(24)9-11-18;23-16-7-9-17(10-8-16)26-20-6-2-5-18(19(20)13-25-26)21(27)24-12-14-3-1-4-15(11-14)22(28)29;1-2;/h2-12,14H,13H2,1H3,(H,25,29)(H,26,30);1-11,13H,12H2,(H,24,27)(H,28,29);1H3;1H4/i;;1D;. The largest absolute Gasteiger partial charge is 0.478 e. The zero-order valence-corrected chi connectivity index (χ0v) is 32.5. The Kier molecular flexibility index (Phi) is 14.6. The molecule has 2 heterocycles. The number of carbonyl (C=O) groups excluding carboxylic acids is 3. The van der Waals surface area contributed by atoms with Crippen molar-refractivity contribution in [2.45, 2.75) is 20.5 Å². The summed E-state index contributed by atoms with van der Waals surface area (Å²) in [6.45, 7) is 0.481. The van der Waals surface area contributed by atoms with Gasteiger partial charge in [-0.1, -0.05) is 43.8 Å². The molecule has 6 aromatic carbocycles. The molecule has 12 nitrogen and oxygen atoms in total. The molecule has 0 atom stereocenters. The molecule has 62 heavy (non-hydrogen) atoms. The van der Waals surface area contributed by atoms with Gasteiger partial charge >= 0.3 is 5.97 Å². The first-order chi connectivity index (χ1) is 30.0. The lowest BCUT2D eigenvalue weighted by Gasteiger charge is -2.08. The molecule has 15 heteroatoms. The van der Waals surface area contributed by atoms with Crippen molar-refractivity contribution in [3.8, 4) is 11.4 Å². The van der Waals surface area contributed by atoms with Gasteiger partial charge in [0, 0.05) is 36.5 Å². The number of carbonyl (C=O) groups is 4. The number of rotatable bonds is 10. The lowest BCUT2D eigenvalue weighted by Crippen LogP contribution is -2.23. The van der Waals surface area contributed by atoms with Crippen LogP contribution in [0.4, 0.5) is 13.2 Å². The summed E-state index contributed by atoms with van der Waals surface area (Å²) in [7, 11) is 0.573. The molecule has 0 fully saturated rings. The maximum absolute atomic E-state index is 13.2. The average Bonchev–Trinajstić information content (AvgIpc) is 3.94. The highest BCUT2D eigenvalue weighted by Crippen LogP contribution is 2.24. The molecule has 4 N–H and O–H groups in total. The fraction of sp³-hybridized carbons (Fsp3) is 0.106. The van der Waals surface area contributed by atoms with E-state index < -0.39 is 13.1 Å². The molecule has 0 aliphatic carbocycles. The Bertz CT molecular complexity index is 2870. The second-order valence-electron chi connectivity index (χ2n) is 13.2. The maximum atomic E-state index is 13.2. The number of halogens is 3. The van der Waals surface area contributed by atoms with E-state index in [9.17, 15) is 32.3 Å². The molecular formula is C47H42F3N7O5. The zero-order valence-electron chi connectivity index (χ0n) is 33.5. The fourth-order valence-corrected chi connectivity index (χ4v) is 6.41. The van der Waals surface area contributed by atoms with E-state index in [1.165, 1.54) is 36.4 Å². The highest BCUT2D eigenvalue weighted by Gasteiger charge is 2.16. The van der Waals surface area contributed by atoms with Crippen molar-refractivity contribution in [3.05, 3.63) is 191 Å². The highest BCUT2D eigenvalue weighted by atomic mass is 19.1. The van der Waals surface area contributed by atoms with E-state index in [0.29, 0.717) is 44.4 Å². The van der Waals surface area contributed by atoms with Crippen LogP contribution in [0.25, 0.3) is 33.2 Å². The third kappa shape index (κ3) is 10.4. The van der Waals surface area contributed by atoms with Gasteiger partial charge in [-0.15, -0.1) is 0 Å². The summed E-state index contributed by atoms with van der Waals surface area (Å²) in [6.07, 6.45) is 3.22. The second kappa shape index (κ2) is 20.8. The summed E-state index contributed by atoms with van der Waals surface area (Å²) in [5.74, 6) is -2.40. The quantitative estimate of drug-likeness (QED) is 0.108. The number of alkyl halides is 1. The number of hydrogen-bond acceptors (Lipinski definition) is 6. The second-order valence-corrected chi connectivity index (χ2v) is 13.2. The van der Waals surface area contributed by atoms with Gasteiger partial charge in [-0.05, 0) is 108 Å². The van der Waals surface area contributed by atoms with Crippen molar-refractivity contribution < 1.29 is 38.8 Å². The minimum atomic E-state index is -1.02. The van der Waals surface area contributed by atoms with Crippen molar-refractivity contribution in [1.82, 2.24) is 35.5 Å². The van der Waals surface area contributed by atoms with Crippen LogP contribution in [0.2, 0.25) is 0 Å². The fourth-order valence-electron chi connectivity index (χ4n) is 6.41. The van der Waals surface area contributed by atoms with Crippen molar-refractivity contribution in [1.29, 1.82) is 0 Å². The van der Waals surface area contributed by atoms with Crippen molar-refractivity contribution in [2.75, 3.05) is 14.2 Å². The number of carboxylic acids is 1. The van der Waals surface area contributed by atoms with Gasteiger partial charge in [0.15, 0.2) is 0 Å². The van der Waals surface area contributed by atoms with Gasteiger partial charge in [0.25, 0.3) is 17.7 Å². The van der Waals surface area contributed by atoms with Gasteiger partial charge in [0.05, 0.1) is 60.0 Å². The molecule has 316 valence electrons. The third-order valence-corrected chi connectivity index (χ3v) is 9.36. The minimum absolute atomic E-state index is 0. The van der Waals surface area contributed by atoms with E-state index in [-0.39, 0.29) is 55.4 Å². The van der Waals surface area contributed by atoms with Crippen molar-refractivity contribution in [3.63, 3.8) is 0 Å². The molecule has 0 saturated carbocycles. The number of benzene rings is 6. The number of fused-ring (bicyclic) bond motifs is 2. The molecule has 0 spiro atoms. The lowest BCUT2D eigenvalue weighted by atomic mass is 10.1. The van der Waals surface area contributed by atoms with Gasteiger partial charge in [-0.3, -0.25) is 18.8 Å². The number of aromatic nitrogens is 4. The SMILES string of the molecule is C.CNC(=O)c1cccc(CNC(=O)c2cccc3c2cnn3-c2ccc(F)cc2)c1.O=C(O)c1cccc(CNC(=O)c2cccc3c2cnn3-c2ccc(F)cc2)c1.[2H]CF. The molecule has 0 bridgehead atoms. The Hall–Kier alpha value is -8.07. The van der Waals surface area contributed by atoms with E-state index in [1.54, 1.807) is 108 Å². The summed E-state index contributed by atoms with van der Waals surface area (Å²) in [5.41, 5.74) is 6.00. The van der Waals surface area contributed by atoms with E-state index in [0.717, 1.165) is 16.6 Å². The zero-order chi connectivity index (χ0) is 44.2. The first kappa shape index (κ1) is 43.5. The third-order valence-electron chi connectivity index (χ3n) is 9.36. The Balaban J connectivity index is 0.000000220. The topological polar surface area (TPSA) is 160 Å². The molecule has 3 amide bonds. The normalized spacial score (nSPS) is 10.5. The smallest absolute Gasteiger partial charge is 0.335 e. The van der Waals surface area contributed by atoms with Crippen LogP contribution in [0, 0.1) is 11.6 Å². The van der Waals surface area contributed by atoms with Gasteiger partial charge in [-0.25, -0.2) is 22.9 Å². The molecular weight excluding hydrogens is 800 g/mol. The van der Waals surface area contributed by atoms with Crippen LogP contribution in [0.1, 0.15) is 61.4 Å². The van der Waals surface area contributed by atoms with E-state index >= 15 is 0 Å². The Morgan fingerprint density at radius 2 is 1.02 bits per heavy atom. The summed E-state index contributed by atoms with van der Waals surface area (Å²) in [4.78, 5) is 48.4. The van der Waals surface area contributed by atoms with Crippen molar-refractivity contribution in [2.24, 2.45) is 0 Å². The Morgan fingerprint density at radius 1 is 0.613 bits per heavy atom. The first-order valence-electron chi connectivity index (χ1n) is 19.2. The Labute approximate surface area is 356 Å². The van der Waals surface area contributed by atoms with Crippen LogP contribution < -0.4 is 16.0 Å². The molecule has 0 saturated heterocycles. The van der Waals surface area contributed by atoms with Crippen LogP contribution >= 0.6 is 0 Å². The Morgan fingerprint density at radius 3 is 1.44 bits per heavy atom. The van der Waals surface area contributed by atoms with Gasteiger partial charge in [0.2, 0.25) is 0 Å². The number of hydrogen-bond donors (Lipinski definition) is 4. The average molecular weight is 843 g/mol. The maximum Gasteiger partial charge on any atom is 0.335 e. The molecule has 8 aromatic rings. The number of carboxylic acid groups (broad SMARTS) is 1. The minimum Gasteiger partial charge on any atom is -0.478 e. The molecule has 0 aliphatic rings. The first-order valence-corrected chi connectivity index (χ1v) is 18.5. The summed E-state index contributed by atoms with van der Waals surface area (Å²) in [6, 6.07) is 36.1. The van der Waals surface area contributed by atoms with E-state index in [1.807, 2.05) is 18.2 Å². The summed E-state index contributed by atoms with van der Waals surface area (Å²) in [5, 5.41) is 27.4. The summed E-state index contributed by atoms with van der Waals surface area (Å²) >= 11 is 0. The number of aromatic carboxylic acids is 1. The van der Waals surface area contributed by atoms with Crippen LogP contribution in [-0.2, 0) is 13.1 Å². The predicted octanol–water partition coefficient (Wildman–Crippen LogP) is 8.47. The van der Waals surface area contributed by atoms with Crippen LogP contribution in [-0.4, -0.2) is 62.6 Å². The van der Waals surface area contributed by atoms with Crippen LogP contribution in [0.5, 0.6) is 0 Å². The molecule has 0 radical (unpaired) electrons. The molecule has 0 unspecified atom stereocenters. The molecule has 0 aliphatic heterocycles. The highest BCUT2D eigenvalue weighted by molar-refractivity contribution is 6.07. The summed E-state index contributed by atoms with van der Waals surface area (Å²) < 4.78 is 45.2. The van der Waals surface area contributed by atoms with Crippen molar-refractivity contribution >= 4 is 45.5 Å². The number of nitrogens with one attached hydrogen (secondary N) is 3. The number of amides is 3. The molecule has 8 rings (SSSR count). The predicted molar refractivity (Wildman–Crippen MR) is 231 cm³/mol. The van der Waals surface area contributed by atoms with Gasteiger partial charge < -0.3 is 21.1 Å². The van der Waals surface area contributed by atoms with Crippen LogP contribution in [0.15, 0.2) is 146 Å². The number of nitrogens with zero attached hydrogens (tertiary/aromatic N) is 4.